The summed E-state index contributed by atoms with van der Waals surface area (Å²) < 4.78 is 9.13. The van der Waals surface area contributed by atoms with E-state index in [1.165, 1.54) is 12.8 Å². The van der Waals surface area contributed by atoms with Crippen LogP contribution in [-0.2, 0) is 9.22 Å². The summed E-state index contributed by atoms with van der Waals surface area (Å²) in [6.07, 6.45) is 4.75. The number of β-lactam (4-membered cyclic amide) rings is 1. The van der Waals surface area contributed by atoms with Gasteiger partial charge in [0.2, 0.25) is 5.91 Å². The third kappa shape index (κ3) is 4.24. The molecule has 2 fully saturated rings. The van der Waals surface area contributed by atoms with Crippen LogP contribution in [0.2, 0.25) is 36.3 Å². The Kier molecular flexibility index (Phi) is 5.49. The third-order valence-electron chi connectivity index (χ3n) is 7.39. The Hall–Kier alpha value is -0.136. The van der Waals surface area contributed by atoms with E-state index >= 15 is 0 Å². The maximum Gasteiger partial charge on any atom is 0.216 e. The second-order valence-electron chi connectivity index (χ2n) is 11.4. The predicted octanol–water partition coefficient (Wildman–Crippen LogP) is 5.78. The summed E-state index contributed by atoms with van der Waals surface area (Å²) in [4.78, 5) is 12.5. The van der Waals surface area contributed by atoms with Gasteiger partial charge in [-0.1, -0.05) is 54.6 Å². The topological polar surface area (TPSA) is 29.5 Å². The molecule has 0 aromatic carbocycles. The number of carbonyl (C=O) groups excluding carboxylic acids is 1. The van der Waals surface area contributed by atoms with Gasteiger partial charge in [-0.15, -0.1) is 0 Å². The highest BCUT2D eigenvalue weighted by Gasteiger charge is 2.53. The van der Waals surface area contributed by atoms with Gasteiger partial charge in [-0.3, -0.25) is 4.79 Å². The van der Waals surface area contributed by atoms with Crippen molar-refractivity contribution in [1.29, 1.82) is 0 Å². The van der Waals surface area contributed by atoms with E-state index in [0.717, 1.165) is 18.8 Å². The maximum absolute atomic E-state index is 12.5. The molecule has 2 aliphatic rings. The van der Waals surface area contributed by atoms with Crippen LogP contribution in [-0.4, -0.2) is 39.2 Å². The van der Waals surface area contributed by atoms with Crippen LogP contribution in [0.25, 0.3) is 0 Å². The number of hydrogen-bond donors (Lipinski definition) is 0. The lowest BCUT2D eigenvalue weighted by atomic mass is 9.97. The van der Waals surface area contributed by atoms with Gasteiger partial charge >= 0.3 is 0 Å². The highest BCUT2D eigenvalue weighted by Crippen LogP contribution is 2.47. The van der Waals surface area contributed by atoms with Gasteiger partial charge in [-0.05, 0) is 48.4 Å². The lowest BCUT2D eigenvalue weighted by molar-refractivity contribution is -0.140. The number of nitrogens with zero attached hydrogens (tertiary/aromatic N) is 1. The molecular weight excluding hydrogens is 342 g/mol. The average Bonchev–Trinajstić information content (AvgIpc) is 3.16. The van der Waals surface area contributed by atoms with Crippen LogP contribution in [0.5, 0.6) is 0 Å². The summed E-state index contributed by atoms with van der Waals surface area (Å²) in [5.41, 5.74) is 0. The maximum atomic E-state index is 12.5. The highest BCUT2D eigenvalue weighted by molar-refractivity contribution is 6.80. The molecule has 1 amide bonds. The lowest BCUT2D eigenvalue weighted by Crippen LogP contribution is -2.68. The van der Waals surface area contributed by atoms with E-state index in [4.69, 9.17) is 4.43 Å². The molecule has 1 unspecified atom stereocenters. The molecule has 1 aliphatic carbocycles. The van der Waals surface area contributed by atoms with Crippen LogP contribution in [0, 0.1) is 5.92 Å². The molecule has 2 atom stereocenters. The minimum Gasteiger partial charge on any atom is -0.414 e. The van der Waals surface area contributed by atoms with Crippen molar-refractivity contribution >= 4 is 22.5 Å². The first-order chi connectivity index (χ1) is 11.1. The minimum absolute atomic E-state index is 0.205. The average molecular weight is 384 g/mol. The molecule has 146 valence electrons. The van der Waals surface area contributed by atoms with Crippen LogP contribution in [0.4, 0.5) is 0 Å². The molecule has 0 bridgehead atoms. The van der Waals surface area contributed by atoms with E-state index < -0.39 is 16.6 Å². The van der Waals surface area contributed by atoms with Gasteiger partial charge in [0, 0.05) is 18.6 Å². The molecule has 25 heavy (non-hydrogen) atoms. The van der Waals surface area contributed by atoms with Crippen molar-refractivity contribution in [2.45, 2.75) is 116 Å². The number of rotatable bonds is 6. The Bertz CT molecular complexity index is 513. The van der Waals surface area contributed by atoms with Gasteiger partial charge < -0.3 is 8.99 Å². The Morgan fingerprint density at radius 3 is 1.92 bits per heavy atom. The molecule has 0 aromatic heterocycles. The van der Waals surface area contributed by atoms with E-state index in [0.29, 0.717) is 18.1 Å². The van der Waals surface area contributed by atoms with Gasteiger partial charge in [0.1, 0.15) is 0 Å². The van der Waals surface area contributed by atoms with Crippen LogP contribution in [0.3, 0.4) is 0 Å². The molecule has 0 spiro atoms. The van der Waals surface area contributed by atoms with Crippen molar-refractivity contribution in [3.63, 3.8) is 0 Å². The van der Waals surface area contributed by atoms with Crippen molar-refractivity contribution in [2.75, 3.05) is 0 Å². The Morgan fingerprint density at radius 2 is 1.56 bits per heavy atom. The SMILES string of the molecule is CC(C)(C)[Si](C)(C)OC(C[C@@H]1CC(=O)N1[Si](C)(C)C(C)(C)C)C1CC1. The summed E-state index contributed by atoms with van der Waals surface area (Å²) in [6, 6.07) is 0.406. The monoisotopic (exact) mass is 383 g/mol. The number of amides is 1. The minimum atomic E-state index is -1.78. The molecule has 1 saturated heterocycles. The van der Waals surface area contributed by atoms with E-state index in [-0.39, 0.29) is 10.1 Å². The van der Waals surface area contributed by atoms with Gasteiger partial charge in [0.05, 0.1) is 0 Å². The van der Waals surface area contributed by atoms with Crippen molar-refractivity contribution < 1.29 is 9.22 Å². The summed E-state index contributed by atoms with van der Waals surface area (Å²) in [5, 5.41) is 0.450. The van der Waals surface area contributed by atoms with Crippen molar-refractivity contribution in [3.8, 4) is 0 Å². The fourth-order valence-electron chi connectivity index (χ4n) is 3.43. The van der Waals surface area contributed by atoms with Crippen molar-refractivity contribution in [3.05, 3.63) is 0 Å². The first kappa shape index (κ1) is 21.2. The fraction of sp³-hybridized carbons (Fsp3) is 0.950. The molecule has 0 N–H and O–H groups in total. The zero-order chi connectivity index (χ0) is 19.4. The molecule has 3 nitrogen and oxygen atoms in total. The first-order valence-electron chi connectivity index (χ1n) is 10.1. The molecule has 1 heterocycles. The fourth-order valence-corrected chi connectivity index (χ4v) is 7.38. The van der Waals surface area contributed by atoms with E-state index in [2.05, 4.69) is 72.3 Å². The van der Waals surface area contributed by atoms with Gasteiger partial charge in [0.15, 0.2) is 16.6 Å². The third-order valence-corrected chi connectivity index (χ3v) is 17.4. The highest BCUT2D eigenvalue weighted by atomic mass is 28.4. The van der Waals surface area contributed by atoms with E-state index in [9.17, 15) is 4.79 Å². The zero-order valence-electron chi connectivity index (χ0n) is 18.3. The predicted molar refractivity (Wildman–Crippen MR) is 112 cm³/mol. The molecule has 0 aromatic rings. The van der Waals surface area contributed by atoms with Crippen LogP contribution in [0.15, 0.2) is 0 Å². The Morgan fingerprint density at radius 1 is 1.04 bits per heavy atom. The number of carbonyl (C=O) groups is 1. The smallest absolute Gasteiger partial charge is 0.216 e. The summed E-state index contributed by atoms with van der Waals surface area (Å²) in [6.45, 7) is 23.3. The molecule has 1 aliphatic heterocycles. The Labute approximate surface area is 158 Å². The number of hydrogen-bond acceptors (Lipinski definition) is 2. The Balaban J connectivity index is 2.12. The van der Waals surface area contributed by atoms with Crippen LogP contribution in [0.1, 0.15) is 67.2 Å². The summed E-state index contributed by atoms with van der Waals surface area (Å²) in [7, 11) is -3.54. The standard InChI is InChI=1S/C20H41NO2Si2/c1-19(2,3)24(7,8)21-16(14-18(21)22)13-17(15-11-12-15)23-25(9,10)20(4,5)6/h15-17H,11-14H2,1-10H3/t16-,17?/m1/s1. The van der Waals surface area contributed by atoms with Crippen molar-refractivity contribution in [1.82, 2.24) is 4.57 Å². The second-order valence-corrected chi connectivity index (χ2v) is 21.3. The molecule has 1 saturated carbocycles. The zero-order valence-corrected chi connectivity index (χ0v) is 20.3. The first-order valence-corrected chi connectivity index (χ1v) is 15.9. The van der Waals surface area contributed by atoms with Gasteiger partial charge in [0.25, 0.3) is 0 Å². The van der Waals surface area contributed by atoms with Crippen molar-refractivity contribution in [2.24, 2.45) is 5.92 Å². The normalized spacial score (nSPS) is 24.3. The lowest BCUT2D eigenvalue weighted by Gasteiger charge is -2.56. The molecule has 5 heteroatoms. The summed E-state index contributed by atoms with van der Waals surface area (Å²) >= 11 is 0. The van der Waals surface area contributed by atoms with Crippen LogP contribution >= 0.6 is 0 Å². The second kappa shape index (κ2) is 6.48. The van der Waals surface area contributed by atoms with E-state index in [1.54, 1.807) is 0 Å². The van der Waals surface area contributed by atoms with Gasteiger partial charge in [-0.2, -0.15) is 0 Å². The molecule has 0 radical (unpaired) electrons. The molecular formula is C20H41NO2Si2. The van der Waals surface area contributed by atoms with E-state index in [1.807, 2.05) is 0 Å². The quantitative estimate of drug-likeness (QED) is 0.429. The van der Waals surface area contributed by atoms with Gasteiger partial charge in [-0.25, -0.2) is 0 Å². The van der Waals surface area contributed by atoms with Crippen LogP contribution < -0.4 is 0 Å². The summed E-state index contributed by atoms with van der Waals surface area (Å²) in [5.74, 6) is 1.10. The molecule has 2 rings (SSSR count). The largest absolute Gasteiger partial charge is 0.414 e.